The van der Waals surface area contributed by atoms with Gasteiger partial charge in [0.2, 0.25) is 11.8 Å². The summed E-state index contributed by atoms with van der Waals surface area (Å²) in [5, 5.41) is 24.3. The first-order valence-electron chi connectivity index (χ1n) is 6.23. The van der Waals surface area contributed by atoms with Gasteiger partial charge in [0.05, 0.1) is 6.00 Å². The second-order valence-electron chi connectivity index (χ2n) is 4.18. The molecule has 0 aromatic carbocycles. The van der Waals surface area contributed by atoms with Crippen molar-refractivity contribution in [2.24, 2.45) is 0 Å². The number of carbonyl (C=O) groups excluding carboxylic acids is 2. The van der Waals surface area contributed by atoms with Crippen molar-refractivity contribution in [3.8, 4) is 0 Å². The van der Waals surface area contributed by atoms with Gasteiger partial charge >= 0.3 is 11.9 Å². The first-order chi connectivity index (χ1) is 10.3. The highest BCUT2D eigenvalue weighted by molar-refractivity contribution is 7.80. The van der Waals surface area contributed by atoms with Crippen LogP contribution in [-0.2, 0) is 19.2 Å². The minimum atomic E-state index is -1.21. The molecule has 0 heterocycles. The third-order valence-corrected chi connectivity index (χ3v) is 3.05. The van der Waals surface area contributed by atoms with Gasteiger partial charge in [-0.25, -0.2) is 0 Å². The topological polar surface area (TPSA) is 145 Å². The maximum atomic E-state index is 11.7. The molecule has 0 saturated heterocycles. The van der Waals surface area contributed by atoms with Gasteiger partial charge in [-0.15, -0.1) is 11.6 Å². The van der Waals surface area contributed by atoms with Gasteiger partial charge in [-0.05, 0) is 6.42 Å². The van der Waals surface area contributed by atoms with Crippen LogP contribution in [0.3, 0.4) is 0 Å². The fourth-order valence-electron chi connectivity index (χ4n) is 1.43. The zero-order valence-electron chi connectivity index (χ0n) is 11.5. The Morgan fingerprint density at radius 2 is 1.77 bits per heavy atom. The van der Waals surface area contributed by atoms with E-state index in [2.05, 4.69) is 28.6 Å². The third-order valence-electron chi connectivity index (χ3n) is 2.53. The molecule has 0 aliphatic carbocycles. The van der Waals surface area contributed by atoms with Crippen LogP contribution in [0, 0.1) is 0 Å². The number of halogens is 1. The van der Waals surface area contributed by atoms with E-state index in [-0.39, 0.29) is 24.6 Å². The molecule has 0 aromatic heterocycles. The Balaban J connectivity index is 4.33. The highest BCUT2D eigenvalue weighted by atomic mass is 35.5. The van der Waals surface area contributed by atoms with Gasteiger partial charge in [-0.3, -0.25) is 24.5 Å². The molecule has 0 rings (SSSR count). The molecule has 11 heteroatoms. The highest BCUT2D eigenvalue weighted by Gasteiger charge is 2.22. The van der Waals surface area contributed by atoms with Crippen molar-refractivity contribution in [1.82, 2.24) is 16.0 Å². The maximum Gasteiger partial charge on any atom is 0.322 e. The van der Waals surface area contributed by atoms with E-state index in [1.165, 1.54) is 0 Å². The van der Waals surface area contributed by atoms with Crippen molar-refractivity contribution in [3.63, 3.8) is 0 Å². The lowest BCUT2D eigenvalue weighted by atomic mass is 10.1. The van der Waals surface area contributed by atoms with Gasteiger partial charge in [-0.1, -0.05) is 0 Å². The monoisotopic (exact) mass is 355 g/mol. The molecular weight excluding hydrogens is 338 g/mol. The fraction of sp³-hybridized carbons (Fsp3) is 0.636. The van der Waals surface area contributed by atoms with Crippen LogP contribution in [0.1, 0.15) is 12.8 Å². The van der Waals surface area contributed by atoms with E-state index in [1.807, 2.05) is 0 Å². The number of thiol groups is 1. The number of hydrogen-bond acceptors (Lipinski definition) is 6. The molecule has 0 bridgehead atoms. The molecule has 5 N–H and O–H groups in total. The largest absolute Gasteiger partial charge is 0.480 e. The quantitative estimate of drug-likeness (QED) is 0.152. The van der Waals surface area contributed by atoms with E-state index in [0.717, 1.165) is 0 Å². The summed E-state index contributed by atoms with van der Waals surface area (Å²) >= 11 is 9.28. The van der Waals surface area contributed by atoms with Gasteiger partial charge in [0.15, 0.2) is 0 Å². The molecule has 0 fully saturated rings. The van der Waals surface area contributed by atoms with Crippen molar-refractivity contribution in [2.75, 3.05) is 18.3 Å². The second kappa shape index (κ2) is 11.1. The van der Waals surface area contributed by atoms with Crippen LogP contribution in [0.15, 0.2) is 0 Å². The molecule has 2 amide bonds. The Labute approximate surface area is 137 Å². The minimum Gasteiger partial charge on any atom is -0.480 e. The van der Waals surface area contributed by atoms with Crippen LogP contribution in [0.25, 0.3) is 0 Å². The summed E-state index contributed by atoms with van der Waals surface area (Å²) in [6, 6.07) is -2.05. The van der Waals surface area contributed by atoms with Crippen molar-refractivity contribution >= 4 is 48.0 Å². The van der Waals surface area contributed by atoms with Crippen LogP contribution < -0.4 is 16.0 Å². The number of carbonyl (C=O) groups is 4. The third kappa shape index (κ3) is 8.70. The minimum absolute atomic E-state index is 0.01000. The lowest BCUT2D eigenvalue weighted by Crippen LogP contribution is -2.49. The summed E-state index contributed by atoms with van der Waals surface area (Å²) in [4.78, 5) is 44.5. The first-order valence-corrected chi connectivity index (χ1v) is 7.40. The molecule has 0 spiro atoms. The van der Waals surface area contributed by atoms with Crippen LogP contribution in [-0.4, -0.2) is 64.4 Å². The number of alkyl halides is 1. The predicted octanol–water partition coefficient (Wildman–Crippen LogP) is -1.38. The number of hydrogen-bond donors (Lipinski definition) is 6. The Morgan fingerprint density at radius 3 is 2.23 bits per heavy atom. The van der Waals surface area contributed by atoms with Gasteiger partial charge in [0.1, 0.15) is 18.6 Å². The standard InChI is InChI=1S/C11H18ClN3O6S/c12-5-14-6(11(20)21)1-2-8(16)15-7(4-22)10(19)13-3-9(17)18/h6-7,14,22H,1-5H2,(H,13,19)(H,15,16)(H,17,18)(H,20,21). The second-order valence-corrected chi connectivity index (χ2v) is 4.81. The summed E-state index contributed by atoms with van der Waals surface area (Å²) < 4.78 is 0. The lowest BCUT2D eigenvalue weighted by molar-refractivity contribution is -0.139. The average molecular weight is 356 g/mol. The lowest BCUT2D eigenvalue weighted by Gasteiger charge is -2.17. The fourth-order valence-corrected chi connectivity index (χ4v) is 1.87. The van der Waals surface area contributed by atoms with Crippen LogP contribution in [0.5, 0.6) is 0 Å². The summed E-state index contributed by atoms with van der Waals surface area (Å²) in [7, 11) is 0. The molecule has 0 aromatic rings. The van der Waals surface area contributed by atoms with E-state index >= 15 is 0 Å². The Kier molecular flexibility index (Phi) is 10.3. The van der Waals surface area contributed by atoms with Crippen LogP contribution in [0.2, 0.25) is 0 Å². The van der Waals surface area contributed by atoms with Crippen molar-refractivity contribution in [2.45, 2.75) is 24.9 Å². The zero-order chi connectivity index (χ0) is 17.1. The molecule has 22 heavy (non-hydrogen) atoms. The van der Waals surface area contributed by atoms with E-state index in [4.69, 9.17) is 21.8 Å². The van der Waals surface area contributed by atoms with Crippen molar-refractivity contribution in [1.29, 1.82) is 0 Å². The zero-order valence-corrected chi connectivity index (χ0v) is 13.2. The van der Waals surface area contributed by atoms with E-state index in [1.54, 1.807) is 0 Å². The van der Waals surface area contributed by atoms with E-state index < -0.39 is 42.4 Å². The Bertz CT molecular complexity index is 423. The number of carboxylic acid groups (broad SMARTS) is 2. The Hall–Kier alpha value is -1.52. The van der Waals surface area contributed by atoms with Gasteiger partial charge in [-0.2, -0.15) is 12.6 Å². The maximum absolute atomic E-state index is 11.7. The number of rotatable bonds is 11. The summed E-state index contributed by atoms with van der Waals surface area (Å²) in [5.41, 5.74) is 0. The summed E-state index contributed by atoms with van der Waals surface area (Å²) in [5.74, 6) is -3.61. The molecule has 0 saturated carbocycles. The number of amides is 2. The molecule has 2 unspecified atom stereocenters. The van der Waals surface area contributed by atoms with Gasteiger partial charge in [0, 0.05) is 12.2 Å². The van der Waals surface area contributed by atoms with Gasteiger partial charge in [0.25, 0.3) is 0 Å². The predicted molar refractivity (Wildman–Crippen MR) is 80.9 cm³/mol. The number of aliphatic carboxylic acids is 2. The van der Waals surface area contributed by atoms with Crippen molar-refractivity contribution < 1.29 is 29.4 Å². The molecule has 0 radical (unpaired) electrons. The molecule has 9 nitrogen and oxygen atoms in total. The highest BCUT2D eigenvalue weighted by Crippen LogP contribution is 2.00. The molecule has 126 valence electrons. The number of carboxylic acids is 2. The van der Waals surface area contributed by atoms with Crippen LogP contribution >= 0.6 is 24.2 Å². The summed E-state index contributed by atoms with van der Waals surface area (Å²) in [6.45, 7) is -0.570. The molecule has 0 aliphatic rings. The average Bonchev–Trinajstić information content (AvgIpc) is 2.46. The van der Waals surface area contributed by atoms with E-state index in [9.17, 15) is 19.2 Å². The number of nitrogens with one attached hydrogen (secondary N) is 3. The SMILES string of the molecule is O=C(O)CNC(=O)C(CS)NC(=O)CCC(NCCl)C(=O)O. The molecular formula is C11H18ClN3O6S. The summed E-state index contributed by atoms with van der Waals surface area (Å²) in [6.07, 6.45) is -0.152. The molecule has 0 aliphatic heterocycles. The Morgan fingerprint density at radius 1 is 1.14 bits per heavy atom. The van der Waals surface area contributed by atoms with E-state index in [0.29, 0.717) is 0 Å². The first kappa shape index (κ1) is 20.5. The smallest absolute Gasteiger partial charge is 0.322 e. The normalized spacial score (nSPS) is 13.0. The van der Waals surface area contributed by atoms with Gasteiger partial charge < -0.3 is 20.8 Å². The molecule has 2 atom stereocenters. The van der Waals surface area contributed by atoms with Crippen LogP contribution in [0.4, 0.5) is 0 Å². The van der Waals surface area contributed by atoms with Crippen molar-refractivity contribution in [3.05, 3.63) is 0 Å².